The van der Waals surface area contributed by atoms with Crippen molar-refractivity contribution in [3.8, 4) is 0 Å². The minimum absolute atomic E-state index is 0.349. The Kier molecular flexibility index (Phi) is 3.86. The summed E-state index contributed by atoms with van der Waals surface area (Å²) in [6.45, 7) is 1.96. The third kappa shape index (κ3) is 2.50. The van der Waals surface area contributed by atoms with E-state index in [0.717, 1.165) is 27.3 Å². The number of nitrogens with zero attached hydrogens (tertiary/aromatic N) is 3. The van der Waals surface area contributed by atoms with E-state index < -0.39 is 10.8 Å². The Morgan fingerprint density at radius 2 is 2.25 bits per heavy atom. The van der Waals surface area contributed by atoms with Gasteiger partial charge in [-0.2, -0.15) is 0 Å². The molecule has 0 saturated carbocycles. The zero-order chi connectivity index (χ0) is 14.1. The van der Waals surface area contributed by atoms with E-state index in [2.05, 4.69) is 19.9 Å². The highest BCUT2D eigenvalue weighted by Gasteiger charge is 2.14. The molecule has 3 aromatic rings. The maximum atomic E-state index is 12.4. The van der Waals surface area contributed by atoms with Crippen LogP contribution in [0.3, 0.4) is 0 Å². The summed E-state index contributed by atoms with van der Waals surface area (Å²) in [5.74, 6) is 0.349. The van der Waals surface area contributed by atoms with Crippen LogP contribution in [0.1, 0.15) is 11.3 Å². The highest BCUT2D eigenvalue weighted by Crippen LogP contribution is 2.22. The number of thioether (sulfide) groups is 1. The molecule has 0 aliphatic carbocycles. The Hall–Kier alpha value is -1.25. The fourth-order valence-corrected chi connectivity index (χ4v) is 4.21. The number of imidazole rings is 1. The standard InChI is InChI=1S/C12H12N4OS3/c1-7-10(13-6-14-11(7)18-2)5-20(17)12-15-8-3-19-4-9(8)16-12/h3-4,6H,5H2,1-2H3,(H,15,16). The predicted molar refractivity (Wildman–Crippen MR) is 82.6 cm³/mol. The quantitative estimate of drug-likeness (QED) is 0.590. The zero-order valence-corrected chi connectivity index (χ0v) is 13.4. The van der Waals surface area contributed by atoms with Gasteiger partial charge in [-0.15, -0.1) is 23.1 Å². The number of aromatic nitrogens is 4. The molecule has 0 fully saturated rings. The van der Waals surface area contributed by atoms with Crippen molar-refractivity contribution in [3.63, 3.8) is 0 Å². The van der Waals surface area contributed by atoms with Gasteiger partial charge in [0.1, 0.15) is 16.9 Å². The van der Waals surface area contributed by atoms with Gasteiger partial charge < -0.3 is 4.98 Å². The second kappa shape index (κ2) is 5.63. The van der Waals surface area contributed by atoms with Crippen molar-refractivity contribution in [3.05, 3.63) is 28.3 Å². The third-order valence-electron chi connectivity index (χ3n) is 2.92. The Balaban J connectivity index is 1.87. The first-order valence-corrected chi connectivity index (χ1v) is 9.32. The molecule has 0 aliphatic heterocycles. The van der Waals surface area contributed by atoms with Crippen LogP contribution in [0.5, 0.6) is 0 Å². The molecule has 0 amide bonds. The summed E-state index contributed by atoms with van der Waals surface area (Å²) in [7, 11) is -1.23. The predicted octanol–water partition coefficient (Wildman–Crippen LogP) is 2.75. The summed E-state index contributed by atoms with van der Waals surface area (Å²) in [6, 6.07) is 0. The molecule has 1 atom stereocenters. The van der Waals surface area contributed by atoms with E-state index in [1.807, 2.05) is 23.9 Å². The number of fused-ring (bicyclic) bond motifs is 1. The van der Waals surface area contributed by atoms with Gasteiger partial charge in [0.25, 0.3) is 0 Å². The van der Waals surface area contributed by atoms with Gasteiger partial charge in [-0.05, 0) is 13.2 Å². The number of H-pyrrole nitrogens is 1. The molecule has 3 rings (SSSR count). The highest BCUT2D eigenvalue weighted by molar-refractivity contribution is 7.98. The largest absolute Gasteiger partial charge is 0.330 e. The van der Waals surface area contributed by atoms with E-state index in [0.29, 0.717) is 10.9 Å². The fourth-order valence-electron chi connectivity index (χ4n) is 1.84. The smallest absolute Gasteiger partial charge is 0.197 e. The molecular weight excluding hydrogens is 312 g/mol. The Morgan fingerprint density at radius 1 is 1.40 bits per heavy atom. The Morgan fingerprint density at radius 3 is 3.00 bits per heavy atom. The van der Waals surface area contributed by atoms with E-state index in [9.17, 15) is 4.21 Å². The molecule has 1 N–H and O–H groups in total. The lowest BCUT2D eigenvalue weighted by molar-refractivity contribution is 0.676. The molecule has 0 spiro atoms. The molecule has 0 radical (unpaired) electrons. The van der Waals surface area contributed by atoms with Crippen LogP contribution < -0.4 is 0 Å². The summed E-state index contributed by atoms with van der Waals surface area (Å²) in [5, 5.41) is 5.33. The lowest BCUT2D eigenvalue weighted by Gasteiger charge is -2.06. The van der Waals surface area contributed by atoms with Gasteiger partial charge in [0.05, 0.1) is 27.8 Å². The summed E-state index contributed by atoms with van der Waals surface area (Å²) in [5.41, 5.74) is 3.59. The van der Waals surface area contributed by atoms with E-state index in [-0.39, 0.29) is 0 Å². The van der Waals surface area contributed by atoms with Crippen LogP contribution in [-0.4, -0.2) is 30.4 Å². The Labute approximate surface area is 126 Å². The second-order valence-electron chi connectivity index (χ2n) is 4.16. The molecule has 20 heavy (non-hydrogen) atoms. The van der Waals surface area contributed by atoms with Crippen LogP contribution >= 0.6 is 23.1 Å². The molecule has 0 aliphatic rings. The highest BCUT2D eigenvalue weighted by atomic mass is 32.2. The van der Waals surface area contributed by atoms with Crippen molar-refractivity contribution in [2.75, 3.05) is 6.26 Å². The number of hydrogen-bond acceptors (Lipinski definition) is 6. The van der Waals surface area contributed by atoms with Crippen molar-refractivity contribution in [1.29, 1.82) is 0 Å². The number of thiophene rings is 1. The molecule has 3 aromatic heterocycles. The van der Waals surface area contributed by atoms with Gasteiger partial charge in [0.2, 0.25) is 0 Å². The number of rotatable bonds is 4. The van der Waals surface area contributed by atoms with Crippen LogP contribution in [-0.2, 0) is 16.6 Å². The van der Waals surface area contributed by atoms with Gasteiger partial charge in [-0.25, -0.2) is 15.0 Å². The second-order valence-corrected chi connectivity index (χ2v) is 7.06. The lowest BCUT2D eigenvalue weighted by Crippen LogP contribution is -2.04. The molecule has 1 unspecified atom stereocenters. The van der Waals surface area contributed by atoms with Crippen LogP contribution in [0.4, 0.5) is 0 Å². The molecule has 104 valence electrons. The molecule has 5 nitrogen and oxygen atoms in total. The first-order chi connectivity index (χ1) is 9.69. The summed E-state index contributed by atoms with van der Waals surface area (Å²) < 4.78 is 12.4. The lowest BCUT2D eigenvalue weighted by atomic mass is 10.3. The van der Waals surface area contributed by atoms with E-state index in [1.54, 1.807) is 23.1 Å². The fraction of sp³-hybridized carbons (Fsp3) is 0.250. The summed E-state index contributed by atoms with van der Waals surface area (Å²) in [4.78, 5) is 15.9. The zero-order valence-electron chi connectivity index (χ0n) is 10.9. The van der Waals surface area contributed by atoms with Crippen molar-refractivity contribution < 1.29 is 4.21 Å². The maximum absolute atomic E-state index is 12.4. The first-order valence-electron chi connectivity index (χ1n) is 5.83. The van der Waals surface area contributed by atoms with E-state index in [1.165, 1.54) is 6.33 Å². The minimum atomic E-state index is -1.23. The van der Waals surface area contributed by atoms with E-state index in [4.69, 9.17) is 0 Å². The average Bonchev–Trinajstić information content (AvgIpc) is 3.02. The van der Waals surface area contributed by atoms with Crippen molar-refractivity contribution >= 4 is 44.9 Å². The number of aromatic amines is 1. The Bertz CT molecular complexity index is 751. The molecule has 8 heteroatoms. The first kappa shape index (κ1) is 13.7. The third-order valence-corrected chi connectivity index (χ3v) is 5.61. The normalized spacial score (nSPS) is 12.9. The van der Waals surface area contributed by atoms with Crippen molar-refractivity contribution in [1.82, 2.24) is 19.9 Å². The van der Waals surface area contributed by atoms with E-state index >= 15 is 0 Å². The van der Waals surface area contributed by atoms with Crippen LogP contribution in [0, 0.1) is 6.92 Å². The molecule has 0 bridgehead atoms. The average molecular weight is 324 g/mol. The van der Waals surface area contributed by atoms with Gasteiger partial charge in [0.15, 0.2) is 5.16 Å². The SMILES string of the molecule is CSc1ncnc(CS(=O)c2nc3cscc3[nH]2)c1C. The molecule has 3 heterocycles. The van der Waals surface area contributed by atoms with Crippen LogP contribution in [0.25, 0.3) is 11.0 Å². The van der Waals surface area contributed by atoms with Gasteiger partial charge in [0, 0.05) is 16.3 Å². The van der Waals surface area contributed by atoms with Gasteiger partial charge in [-0.3, -0.25) is 4.21 Å². The monoisotopic (exact) mass is 324 g/mol. The van der Waals surface area contributed by atoms with Gasteiger partial charge >= 0.3 is 0 Å². The molecule has 0 saturated heterocycles. The summed E-state index contributed by atoms with van der Waals surface area (Å²) >= 11 is 3.14. The summed E-state index contributed by atoms with van der Waals surface area (Å²) in [6.07, 6.45) is 3.49. The maximum Gasteiger partial charge on any atom is 0.197 e. The van der Waals surface area contributed by atoms with Gasteiger partial charge in [-0.1, -0.05) is 0 Å². The topological polar surface area (TPSA) is 71.5 Å². The van der Waals surface area contributed by atoms with Crippen molar-refractivity contribution in [2.45, 2.75) is 22.9 Å². The van der Waals surface area contributed by atoms with Crippen LogP contribution in [0.15, 0.2) is 27.3 Å². The number of nitrogens with one attached hydrogen (secondary N) is 1. The minimum Gasteiger partial charge on any atom is -0.330 e. The molecular formula is C12H12N4OS3. The van der Waals surface area contributed by atoms with Crippen LogP contribution in [0.2, 0.25) is 0 Å². The molecule has 0 aromatic carbocycles. The van der Waals surface area contributed by atoms with Crippen molar-refractivity contribution in [2.24, 2.45) is 0 Å². The number of hydrogen-bond donors (Lipinski definition) is 1.